The van der Waals surface area contributed by atoms with Gasteiger partial charge in [0, 0.05) is 27.1 Å². The molecule has 5 aromatic rings. The van der Waals surface area contributed by atoms with E-state index in [0.717, 1.165) is 62.4 Å². The number of para-hydroxylation sites is 1. The van der Waals surface area contributed by atoms with E-state index in [2.05, 4.69) is 49.2 Å². The number of halogens is 1. The normalized spacial score (nSPS) is 15.3. The number of benzene rings is 3. The van der Waals surface area contributed by atoms with Crippen molar-refractivity contribution in [3.05, 3.63) is 77.7 Å². The standard InChI is InChI=1S/C30H28FNO/c1-18(2)20-15-24-22-11-6-7-14-27(22)33-30(24)25(16-20)29-23-13-8-12-21(19-9-4-3-5-10-19)28(23)26(31)17-32-29/h6-8,11-19H,3-5,9-10H2,1-2H3. The zero-order chi connectivity index (χ0) is 22.5. The van der Waals surface area contributed by atoms with Gasteiger partial charge in [0.25, 0.3) is 0 Å². The lowest BCUT2D eigenvalue weighted by molar-refractivity contribution is 0.445. The zero-order valence-electron chi connectivity index (χ0n) is 19.2. The highest BCUT2D eigenvalue weighted by molar-refractivity contribution is 6.12. The average Bonchev–Trinajstić information content (AvgIpc) is 3.23. The molecule has 33 heavy (non-hydrogen) atoms. The Bertz CT molecular complexity index is 1490. The van der Waals surface area contributed by atoms with E-state index in [1.54, 1.807) is 0 Å². The van der Waals surface area contributed by atoms with Crippen molar-refractivity contribution < 1.29 is 8.81 Å². The first-order chi connectivity index (χ1) is 16.1. The van der Waals surface area contributed by atoms with Crippen LogP contribution in [0.1, 0.15) is 68.9 Å². The van der Waals surface area contributed by atoms with E-state index in [0.29, 0.717) is 11.8 Å². The van der Waals surface area contributed by atoms with E-state index in [1.807, 2.05) is 24.3 Å². The molecule has 0 radical (unpaired) electrons. The van der Waals surface area contributed by atoms with Gasteiger partial charge in [-0.25, -0.2) is 4.39 Å². The van der Waals surface area contributed by atoms with Gasteiger partial charge in [-0.1, -0.05) is 69.5 Å². The van der Waals surface area contributed by atoms with Gasteiger partial charge in [0.2, 0.25) is 0 Å². The molecule has 2 aromatic heterocycles. The third kappa shape index (κ3) is 3.33. The van der Waals surface area contributed by atoms with Crippen LogP contribution in [0, 0.1) is 5.82 Å². The quantitative estimate of drug-likeness (QED) is 0.281. The summed E-state index contributed by atoms with van der Waals surface area (Å²) in [6.07, 6.45) is 7.39. The van der Waals surface area contributed by atoms with Crippen LogP contribution in [-0.4, -0.2) is 4.98 Å². The summed E-state index contributed by atoms with van der Waals surface area (Å²) < 4.78 is 21.7. The van der Waals surface area contributed by atoms with Crippen LogP contribution < -0.4 is 0 Å². The summed E-state index contributed by atoms with van der Waals surface area (Å²) in [5, 5.41) is 3.80. The van der Waals surface area contributed by atoms with Gasteiger partial charge in [0.15, 0.2) is 0 Å². The molecule has 1 fully saturated rings. The molecule has 166 valence electrons. The minimum Gasteiger partial charge on any atom is -0.455 e. The number of rotatable bonds is 3. The summed E-state index contributed by atoms with van der Waals surface area (Å²) in [6.45, 7) is 4.40. The van der Waals surface area contributed by atoms with Gasteiger partial charge in [0.05, 0.1) is 11.9 Å². The molecule has 0 aliphatic heterocycles. The van der Waals surface area contributed by atoms with Crippen LogP contribution in [0.5, 0.6) is 0 Å². The summed E-state index contributed by atoms with van der Waals surface area (Å²) in [7, 11) is 0. The number of pyridine rings is 1. The van der Waals surface area contributed by atoms with Crippen molar-refractivity contribution in [3.8, 4) is 11.3 Å². The van der Waals surface area contributed by atoms with Crippen molar-refractivity contribution in [1.82, 2.24) is 4.98 Å². The van der Waals surface area contributed by atoms with E-state index in [4.69, 9.17) is 4.42 Å². The smallest absolute Gasteiger partial charge is 0.149 e. The maximum atomic E-state index is 15.3. The second-order valence-corrected chi connectivity index (χ2v) is 9.76. The average molecular weight is 438 g/mol. The first kappa shape index (κ1) is 20.4. The molecule has 0 spiro atoms. The van der Waals surface area contributed by atoms with Gasteiger partial charge in [-0.2, -0.15) is 0 Å². The summed E-state index contributed by atoms with van der Waals surface area (Å²) in [5.74, 6) is 0.544. The van der Waals surface area contributed by atoms with Gasteiger partial charge in [-0.15, -0.1) is 0 Å². The Kier molecular flexibility index (Phi) is 4.94. The molecule has 0 unspecified atom stereocenters. The molecule has 0 amide bonds. The van der Waals surface area contributed by atoms with E-state index in [9.17, 15) is 0 Å². The summed E-state index contributed by atoms with van der Waals surface area (Å²) in [4.78, 5) is 4.65. The van der Waals surface area contributed by atoms with Crippen LogP contribution in [0.2, 0.25) is 0 Å². The molecule has 0 bridgehead atoms. The topological polar surface area (TPSA) is 26.0 Å². The first-order valence-electron chi connectivity index (χ1n) is 12.1. The molecular weight excluding hydrogens is 409 g/mol. The fourth-order valence-corrected chi connectivity index (χ4v) is 5.62. The van der Waals surface area contributed by atoms with Crippen molar-refractivity contribution in [2.24, 2.45) is 0 Å². The Hall–Kier alpha value is -3.20. The van der Waals surface area contributed by atoms with Crippen molar-refractivity contribution in [3.63, 3.8) is 0 Å². The van der Waals surface area contributed by atoms with E-state index in [-0.39, 0.29) is 5.82 Å². The molecule has 1 aliphatic carbocycles. The third-order valence-electron chi connectivity index (χ3n) is 7.36. The summed E-state index contributed by atoms with van der Waals surface area (Å²) in [6, 6.07) is 18.8. The Morgan fingerprint density at radius 1 is 0.909 bits per heavy atom. The molecule has 1 aliphatic rings. The van der Waals surface area contributed by atoms with Gasteiger partial charge in [0.1, 0.15) is 17.0 Å². The number of hydrogen-bond acceptors (Lipinski definition) is 2. The highest BCUT2D eigenvalue weighted by Gasteiger charge is 2.23. The largest absolute Gasteiger partial charge is 0.455 e. The third-order valence-corrected chi connectivity index (χ3v) is 7.36. The SMILES string of the molecule is CC(C)c1cc(-c2ncc(F)c3c(C4CCCCC4)cccc23)c2oc3ccccc3c2c1. The van der Waals surface area contributed by atoms with Crippen molar-refractivity contribution >= 4 is 32.7 Å². The molecule has 2 nitrogen and oxygen atoms in total. The lowest BCUT2D eigenvalue weighted by atomic mass is 9.81. The maximum Gasteiger partial charge on any atom is 0.149 e. The molecular formula is C30H28FNO. The second kappa shape index (κ2) is 7.98. The number of hydrogen-bond donors (Lipinski definition) is 0. The van der Waals surface area contributed by atoms with Crippen LogP contribution in [0.25, 0.3) is 44.0 Å². The Morgan fingerprint density at radius 2 is 1.70 bits per heavy atom. The molecule has 3 heteroatoms. The van der Waals surface area contributed by atoms with Crippen LogP contribution >= 0.6 is 0 Å². The van der Waals surface area contributed by atoms with Gasteiger partial charge < -0.3 is 4.42 Å². The minimum atomic E-state index is -0.226. The van der Waals surface area contributed by atoms with Crippen molar-refractivity contribution in [2.45, 2.75) is 57.8 Å². The van der Waals surface area contributed by atoms with Gasteiger partial charge in [-0.3, -0.25) is 4.98 Å². The molecule has 0 saturated heterocycles. The Balaban J connectivity index is 1.67. The van der Waals surface area contributed by atoms with Crippen LogP contribution in [0.4, 0.5) is 4.39 Å². The van der Waals surface area contributed by atoms with Crippen molar-refractivity contribution in [2.75, 3.05) is 0 Å². The predicted molar refractivity (Wildman–Crippen MR) is 134 cm³/mol. The molecule has 3 aromatic carbocycles. The molecule has 1 saturated carbocycles. The predicted octanol–water partition coefficient (Wildman–Crippen LogP) is 9.11. The summed E-state index contributed by atoms with van der Waals surface area (Å²) >= 11 is 0. The number of fused-ring (bicyclic) bond motifs is 4. The Labute approximate surface area is 193 Å². The highest BCUT2D eigenvalue weighted by atomic mass is 19.1. The monoisotopic (exact) mass is 437 g/mol. The van der Waals surface area contributed by atoms with Gasteiger partial charge >= 0.3 is 0 Å². The molecule has 6 rings (SSSR count). The van der Waals surface area contributed by atoms with E-state index in [1.165, 1.54) is 31.0 Å². The minimum absolute atomic E-state index is 0.226. The first-order valence-corrected chi connectivity index (χ1v) is 12.1. The lowest BCUT2D eigenvalue weighted by Crippen LogP contribution is -2.06. The lowest BCUT2D eigenvalue weighted by Gasteiger charge is -2.24. The highest BCUT2D eigenvalue weighted by Crippen LogP contribution is 2.43. The number of nitrogens with zero attached hydrogens (tertiary/aromatic N) is 1. The van der Waals surface area contributed by atoms with Crippen molar-refractivity contribution in [1.29, 1.82) is 0 Å². The second-order valence-electron chi connectivity index (χ2n) is 9.76. The van der Waals surface area contributed by atoms with Crippen LogP contribution in [-0.2, 0) is 0 Å². The van der Waals surface area contributed by atoms with E-state index >= 15 is 4.39 Å². The molecule has 0 N–H and O–H groups in total. The molecule has 0 atom stereocenters. The Morgan fingerprint density at radius 3 is 2.52 bits per heavy atom. The number of furan rings is 1. The molecule has 2 heterocycles. The maximum absolute atomic E-state index is 15.3. The summed E-state index contributed by atoms with van der Waals surface area (Å²) in [5.41, 5.74) is 5.79. The zero-order valence-corrected chi connectivity index (χ0v) is 19.2. The van der Waals surface area contributed by atoms with Gasteiger partial charge in [-0.05, 0) is 54.0 Å². The van der Waals surface area contributed by atoms with E-state index < -0.39 is 0 Å². The number of aromatic nitrogens is 1. The fourth-order valence-electron chi connectivity index (χ4n) is 5.62. The van der Waals surface area contributed by atoms with Crippen LogP contribution in [0.15, 0.2) is 65.2 Å². The fraction of sp³-hybridized carbons (Fsp3) is 0.300. The van der Waals surface area contributed by atoms with Crippen LogP contribution in [0.3, 0.4) is 0 Å².